The Balaban J connectivity index is 1.40. The van der Waals surface area contributed by atoms with Crippen LogP contribution in [-0.4, -0.2) is 20.9 Å². The Bertz CT molecular complexity index is 1060. The van der Waals surface area contributed by atoms with Crippen LogP contribution < -0.4 is 15.2 Å². The van der Waals surface area contributed by atoms with Gasteiger partial charge in [-0.1, -0.05) is 54.6 Å². The molecular weight excluding hydrogens is 400 g/mol. The van der Waals surface area contributed by atoms with Crippen LogP contribution in [0.15, 0.2) is 83.8 Å². The molecule has 0 saturated heterocycles. The quantitative estimate of drug-likeness (QED) is 0.552. The molecule has 0 fully saturated rings. The average molecular weight is 425 g/mol. The Hall–Kier alpha value is -3.16. The molecule has 1 amide bonds. The Morgan fingerprint density at radius 1 is 0.833 bits per heavy atom. The molecule has 0 spiro atoms. The molecule has 0 bridgehead atoms. The van der Waals surface area contributed by atoms with Gasteiger partial charge in [0.1, 0.15) is 12.4 Å². The first-order chi connectivity index (χ1) is 14.4. The van der Waals surface area contributed by atoms with Gasteiger partial charge in [-0.15, -0.1) is 0 Å². The first kappa shape index (κ1) is 21.5. The molecule has 0 aliphatic heterocycles. The molecule has 0 atom stereocenters. The van der Waals surface area contributed by atoms with E-state index in [1.807, 2.05) is 54.6 Å². The number of rotatable bonds is 9. The summed E-state index contributed by atoms with van der Waals surface area (Å²) in [6.45, 7) is 1.03. The van der Waals surface area contributed by atoms with Gasteiger partial charge < -0.3 is 10.1 Å². The summed E-state index contributed by atoms with van der Waals surface area (Å²) < 4.78 is 28.3. The summed E-state index contributed by atoms with van der Waals surface area (Å²) in [5.41, 5.74) is 2.93. The molecule has 0 aromatic heterocycles. The van der Waals surface area contributed by atoms with Crippen molar-refractivity contribution in [2.45, 2.75) is 24.3 Å². The van der Waals surface area contributed by atoms with Crippen molar-refractivity contribution in [3.63, 3.8) is 0 Å². The molecule has 156 valence electrons. The van der Waals surface area contributed by atoms with Crippen molar-refractivity contribution in [1.82, 2.24) is 5.32 Å². The highest BCUT2D eigenvalue weighted by Gasteiger charge is 2.08. The molecule has 0 unspecified atom stereocenters. The highest BCUT2D eigenvalue weighted by molar-refractivity contribution is 7.89. The van der Waals surface area contributed by atoms with Gasteiger partial charge in [0.25, 0.3) is 0 Å². The third-order valence-corrected chi connectivity index (χ3v) is 5.45. The van der Waals surface area contributed by atoms with Crippen LogP contribution in [0.4, 0.5) is 0 Å². The first-order valence-corrected chi connectivity index (χ1v) is 11.1. The van der Waals surface area contributed by atoms with E-state index < -0.39 is 10.0 Å². The molecule has 3 rings (SSSR count). The van der Waals surface area contributed by atoms with Gasteiger partial charge in [-0.2, -0.15) is 0 Å². The van der Waals surface area contributed by atoms with Crippen LogP contribution in [0.3, 0.4) is 0 Å². The summed E-state index contributed by atoms with van der Waals surface area (Å²) >= 11 is 0. The molecule has 6 nitrogen and oxygen atoms in total. The van der Waals surface area contributed by atoms with Crippen LogP contribution in [-0.2, 0) is 34.3 Å². The number of hydrogen-bond acceptors (Lipinski definition) is 4. The second-order valence-electron chi connectivity index (χ2n) is 6.88. The maximum Gasteiger partial charge on any atom is 0.238 e. The number of nitrogens with two attached hydrogens (primary N) is 1. The van der Waals surface area contributed by atoms with Crippen molar-refractivity contribution in [3.05, 3.63) is 95.6 Å². The highest BCUT2D eigenvalue weighted by Crippen LogP contribution is 2.14. The van der Waals surface area contributed by atoms with Gasteiger partial charge in [0.15, 0.2) is 0 Å². The number of nitrogens with one attached hydrogen (secondary N) is 1. The van der Waals surface area contributed by atoms with Crippen LogP contribution in [0, 0.1) is 0 Å². The lowest BCUT2D eigenvalue weighted by Crippen LogP contribution is -2.27. The van der Waals surface area contributed by atoms with Crippen molar-refractivity contribution >= 4 is 15.9 Å². The van der Waals surface area contributed by atoms with Gasteiger partial charge in [-0.3, -0.25) is 4.79 Å². The summed E-state index contributed by atoms with van der Waals surface area (Å²) in [6, 6.07) is 23.8. The van der Waals surface area contributed by atoms with Crippen LogP contribution in [0.2, 0.25) is 0 Å². The molecule has 0 saturated carbocycles. The maximum atomic E-state index is 12.1. The molecule has 3 N–H and O–H groups in total. The molecule has 7 heteroatoms. The third kappa shape index (κ3) is 6.72. The SMILES string of the molecule is NS(=O)(=O)c1ccc(CC(=O)NCCc2ccc(OCc3ccccc3)cc2)cc1. The molecule has 0 aliphatic rings. The van der Waals surface area contributed by atoms with Crippen molar-refractivity contribution < 1.29 is 17.9 Å². The Labute approximate surface area is 176 Å². The van der Waals surface area contributed by atoms with Crippen LogP contribution in [0.1, 0.15) is 16.7 Å². The van der Waals surface area contributed by atoms with E-state index in [4.69, 9.17) is 9.88 Å². The lowest BCUT2D eigenvalue weighted by Gasteiger charge is -2.08. The van der Waals surface area contributed by atoms with E-state index in [0.717, 1.165) is 22.4 Å². The zero-order valence-electron chi connectivity index (χ0n) is 16.5. The van der Waals surface area contributed by atoms with Gasteiger partial charge in [0.05, 0.1) is 11.3 Å². The number of carbonyl (C=O) groups is 1. The second kappa shape index (κ2) is 10.0. The van der Waals surface area contributed by atoms with Gasteiger partial charge >= 0.3 is 0 Å². The fourth-order valence-electron chi connectivity index (χ4n) is 2.88. The van der Waals surface area contributed by atoms with Crippen LogP contribution >= 0.6 is 0 Å². The minimum Gasteiger partial charge on any atom is -0.489 e. The Kier molecular flexibility index (Phi) is 7.21. The van der Waals surface area contributed by atoms with E-state index in [9.17, 15) is 13.2 Å². The molecule has 0 heterocycles. The third-order valence-electron chi connectivity index (χ3n) is 4.52. The predicted octanol–water partition coefficient (Wildman–Crippen LogP) is 2.81. The molecule has 0 radical (unpaired) electrons. The van der Waals surface area contributed by atoms with Gasteiger partial charge in [-0.25, -0.2) is 13.6 Å². The smallest absolute Gasteiger partial charge is 0.238 e. The minimum absolute atomic E-state index is 0.0304. The first-order valence-electron chi connectivity index (χ1n) is 9.54. The molecular formula is C23H24N2O4S. The fourth-order valence-corrected chi connectivity index (χ4v) is 3.40. The molecule has 30 heavy (non-hydrogen) atoms. The number of sulfonamides is 1. The second-order valence-corrected chi connectivity index (χ2v) is 8.45. The van der Waals surface area contributed by atoms with E-state index in [2.05, 4.69) is 5.32 Å². The van der Waals surface area contributed by atoms with Crippen molar-refractivity contribution in [2.75, 3.05) is 6.54 Å². The van der Waals surface area contributed by atoms with E-state index in [1.165, 1.54) is 12.1 Å². The summed E-state index contributed by atoms with van der Waals surface area (Å²) in [5.74, 6) is 0.677. The van der Waals surface area contributed by atoms with Gasteiger partial charge in [0, 0.05) is 6.54 Å². The largest absolute Gasteiger partial charge is 0.489 e. The molecule has 3 aromatic carbocycles. The summed E-state index contributed by atoms with van der Waals surface area (Å²) in [7, 11) is -3.72. The summed E-state index contributed by atoms with van der Waals surface area (Å²) in [4.78, 5) is 12.1. The normalized spacial score (nSPS) is 11.1. The molecule has 0 aliphatic carbocycles. The van der Waals surface area contributed by atoms with Crippen molar-refractivity contribution in [3.8, 4) is 5.75 Å². The lowest BCUT2D eigenvalue weighted by molar-refractivity contribution is -0.120. The molecule has 3 aromatic rings. The number of primary sulfonamides is 1. The van der Waals surface area contributed by atoms with Crippen LogP contribution in [0.25, 0.3) is 0 Å². The highest BCUT2D eigenvalue weighted by atomic mass is 32.2. The van der Waals surface area contributed by atoms with Crippen LogP contribution in [0.5, 0.6) is 5.75 Å². The summed E-state index contributed by atoms with van der Waals surface area (Å²) in [6.07, 6.45) is 0.881. The summed E-state index contributed by atoms with van der Waals surface area (Å²) in [5, 5.41) is 7.94. The number of carbonyl (C=O) groups excluding carboxylic acids is 1. The topological polar surface area (TPSA) is 98.5 Å². The monoisotopic (exact) mass is 424 g/mol. The minimum atomic E-state index is -3.72. The number of benzene rings is 3. The maximum absolute atomic E-state index is 12.1. The zero-order valence-corrected chi connectivity index (χ0v) is 17.3. The lowest BCUT2D eigenvalue weighted by atomic mass is 10.1. The number of hydrogen-bond donors (Lipinski definition) is 2. The predicted molar refractivity (Wildman–Crippen MR) is 115 cm³/mol. The van der Waals surface area contributed by atoms with Gasteiger partial charge in [0.2, 0.25) is 15.9 Å². The number of ether oxygens (including phenoxy) is 1. The van der Waals surface area contributed by atoms with Crippen molar-refractivity contribution in [2.24, 2.45) is 5.14 Å². The van der Waals surface area contributed by atoms with E-state index in [1.54, 1.807) is 12.1 Å². The van der Waals surface area contributed by atoms with E-state index in [-0.39, 0.29) is 17.2 Å². The van der Waals surface area contributed by atoms with E-state index in [0.29, 0.717) is 19.6 Å². The van der Waals surface area contributed by atoms with E-state index >= 15 is 0 Å². The Morgan fingerprint density at radius 3 is 2.10 bits per heavy atom. The zero-order chi connectivity index (χ0) is 21.4. The van der Waals surface area contributed by atoms with Crippen molar-refractivity contribution in [1.29, 1.82) is 0 Å². The standard InChI is InChI=1S/C23H24N2O4S/c24-30(27,28)22-12-8-19(9-13-22)16-23(26)25-15-14-18-6-10-21(11-7-18)29-17-20-4-2-1-3-5-20/h1-13H,14-17H2,(H,25,26)(H2,24,27,28). The average Bonchev–Trinajstić information content (AvgIpc) is 2.74. The fraction of sp³-hybridized carbons (Fsp3) is 0.174. The number of amides is 1. The Morgan fingerprint density at radius 2 is 1.47 bits per heavy atom. The van der Waals surface area contributed by atoms with Gasteiger partial charge in [-0.05, 0) is 47.4 Å².